The van der Waals surface area contributed by atoms with Gasteiger partial charge in [-0.1, -0.05) is 52.0 Å². The second-order valence-corrected chi connectivity index (χ2v) is 9.54. The third kappa shape index (κ3) is 8.24. The van der Waals surface area contributed by atoms with Gasteiger partial charge >= 0.3 is 0 Å². The molecule has 8 nitrogen and oxygen atoms in total. The maximum Gasteiger partial charge on any atom is 0.246 e. The summed E-state index contributed by atoms with van der Waals surface area (Å²) in [5, 5.41) is 21.3. The van der Waals surface area contributed by atoms with Crippen molar-refractivity contribution in [2.24, 2.45) is 23.3 Å². The minimum atomic E-state index is -1.35. The van der Waals surface area contributed by atoms with Crippen molar-refractivity contribution in [3.8, 4) is 0 Å². The van der Waals surface area contributed by atoms with Crippen LogP contribution in [0.2, 0.25) is 0 Å². The highest BCUT2D eigenvalue weighted by Gasteiger charge is 2.33. The summed E-state index contributed by atoms with van der Waals surface area (Å²) in [6, 6.07) is 3.70. The predicted molar refractivity (Wildman–Crippen MR) is 123 cm³/mol. The number of aromatic nitrogens is 1. The van der Waals surface area contributed by atoms with Gasteiger partial charge in [-0.15, -0.1) is 0 Å². The van der Waals surface area contributed by atoms with Crippen molar-refractivity contribution in [1.29, 1.82) is 0 Å². The van der Waals surface area contributed by atoms with Gasteiger partial charge in [0.2, 0.25) is 11.8 Å². The fourth-order valence-corrected chi connectivity index (χ4v) is 4.40. The van der Waals surface area contributed by atoms with Crippen LogP contribution in [-0.4, -0.2) is 62.7 Å². The molecule has 0 unspecified atom stereocenters. The Kier molecular flexibility index (Phi) is 10.7. The Balaban J connectivity index is 2.07. The predicted octanol–water partition coefficient (Wildman–Crippen LogP) is 1.37. The van der Waals surface area contributed by atoms with Crippen LogP contribution in [0, 0.1) is 11.8 Å². The summed E-state index contributed by atoms with van der Waals surface area (Å²) in [5.41, 5.74) is 12.8. The Morgan fingerprint density at radius 1 is 1.16 bits per heavy atom. The van der Waals surface area contributed by atoms with E-state index < -0.39 is 36.1 Å². The number of amides is 2. The number of imide groups is 1. The Hall–Kier alpha value is -1.87. The molecule has 32 heavy (non-hydrogen) atoms. The zero-order valence-electron chi connectivity index (χ0n) is 19.4. The molecule has 0 aromatic carbocycles. The lowest BCUT2D eigenvalue weighted by Gasteiger charge is -2.32. The van der Waals surface area contributed by atoms with Crippen molar-refractivity contribution in [3.05, 3.63) is 30.1 Å². The van der Waals surface area contributed by atoms with Crippen molar-refractivity contribution in [1.82, 2.24) is 9.88 Å². The number of carbonyl (C=O) groups is 2. The Bertz CT molecular complexity index is 709. The average Bonchev–Trinajstić information content (AvgIpc) is 2.77. The van der Waals surface area contributed by atoms with E-state index in [1.807, 2.05) is 13.8 Å². The van der Waals surface area contributed by atoms with Gasteiger partial charge in [0.25, 0.3) is 0 Å². The maximum atomic E-state index is 13.0. The average molecular weight is 449 g/mol. The van der Waals surface area contributed by atoms with E-state index >= 15 is 0 Å². The van der Waals surface area contributed by atoms with E-state index in [4.69, 9.17) is 11.5 Å². The summed E-state index contributed by atoms with van der Waals surface area (Å²) in [4.78, 5) is 31.1. The summed E-state index contributed by atoms with van der Waals surface area (Å²) >= 11 is 0. The number of rotatable bonds is 11. The molecule has 0 radical (unpaired) electrons. The normalized spacial score (nSPS) is 18.7. The van der Waals surface area contributed by atoms with Crippen LogP contribution in [0.25, 0.3) is 0 Å². The van der Waals surface area contributed by atoms with Crippen molar-refractivity contribution < 1.29 is 19.8 Å². The van der Waals surface area contributed by atoms with Crippen LogP contribution in [-0.2, 0) is 16.0 Å². The van der Waals surface area contributed by atoms with Gasteiger partial charge in [0, 0.05) is 17.9 Å². The van der Waals surface area contributed by atoms with Crippen LogP contribution < -0.4 is 11.5 Å². The molecule has 0 aliphatic heterocycles. The molecule has 4 atom stereocenters. The lowest BCUT2D eigenvalue weighted by molar-refractivity contribution is -0.148. The van der Waals surface area contributed by atoms with E-state index in [-0.39, 0.29) is 18.9 Å². The van der Waals surface area contributed by atoms with Gasteiger partial charge in [0.1, 0.15) is 0 Å². The molecule has 8 heteroatoms. The monoisotopic (exact) mass is 448 g/mol. The highest BCUT2D eigenvalue weighted by Crippen LogP contribution is 2.28. The molecule has 1 aliphatic carbocycles. The van der Waals surface area contributed by atoms with Crippen LogP contribution in [0.5, 0.6) is 0 Å². The molecule has 0 saturated heterocycles. The minimum Gasteiger partial charge on any atom is -0.389 e. The summed E-state index contributed by atoms with van der Waals surface area (Å²) in [6.45, 7) is 3.53. The highest BCUT2D eigenvalue weighted by molar-refractivity contribution is 5.98. The van der Waals surface area contributed by atoms with Crippen molar-refractivity contribution in [2.45, 2.75) is 89.5 Å². The molecule has 2 rings (SSSR count). The SMILES string of the molecule is CC(C)C[C@H](N)C(=O)N(C[C@H](O)[C@H](O)[C@@H](N)CC1CCCCC1)C(=O)Cc1ccccn1. The molecule has 0 spiro atoms. The van der Waals surface area contributed by atoms with Gasteiger partial charge in [-0.05, 0) is 36.8 Å². The second-order valence-electron chi connectivity index (χ2n) is 9.54. The fourth-order valence-electron chi connectivity index (χ4n) is 4.40. The maximum absolute atomic E-state index is 13.0. The quantitative estimate of drug-likeness (QED) is 0.400. The molecular formula is C24H40N4O4. The summed E-state index contributed by atoms with van der Waals surface area (Å²) in [5.74, 6) is -0.476. The first-order valence-corrected chi connectivity index (χ1v) is 11.8. The number of aliphatic hydroxyl groups is 2. The molecular weight excluding hydrogens is 408 g/mol. The van der Waals surface area contributed by atoms with Crippen LogP contribution in [0.1, 0.15) is 64.5 Å². The van der Waals surface area contributed by atoms with Gasteiger partial charge in [0.05, 0.1) is 31.2 Å². The number of nitrogens with two attached hydrogens (primary N) is 2. The summed E-state index contributed by atoms with van der Waals surface area (Å²) < 4.78 is 0. The van der Waals surface area contributed by atoms with Gasteiger partial charge in [-0.25, -0.2) is 0 Å². The van der Waals surface area contributed by atoms with E-state index in [0.717, 1.165) is 30.6 Å². The molecule has 180 valence electrons. The fraction of sp³-hybridized carbons (Fsp3) is 0.708. The summed E-state index contributed by atoms with van der Waals surface area (Å²) in [7, 11) is 0. The molecule has 6 N–H and O–H groups in total. The van der Waals surface area contributed by atoms with Gasteiger partial charge < -0.3 is 21.7 Å². The standard InChI is InChI=1S/C24H40N4O4/c1-16(2)12-20(26)24(32)28(22(30)14-18-10-6-7-11-27-18)15-21(29)23(31)19(25)13-17-8-4-3-5-9-17/h6-7,10-11,16-17,19-21,23,29,31H,3-5,8-9,12-15,25-26H2,1-2H3/t19-,20-,21-,23+/m0/s1. The second kappa shape index (κ2) is 13.0. The number of pyridine rings is 1. The zero-order chi connectivity index (χ0) is 23.7. The first-order chi connectivity index (χ1) is 15.2. The zero-order valence-corrected chi connectivity index (χ0v) is 19.4. The molecule has 1 aliphatic rings. The Morgan fingerprint density at radius 3 is 2.44 bits per heavy atom. The third-order valence-corrected chi connectivity index (χ3v) is 6.20. The van der Waals surface area contributed by atoms with Crippen molar-refractivity contribution >= 4 is 11.8 Å². The van der Waals surface area contributed by atoms with Crippen LogP contribution in [0.15, 0.2) is 24.4 Å². The number of carbonyl (C=O) groups excluding carboxylic acids is 2. The summed E-state index contributed by atoms with van der Waals surface area (Å²) in [6.07, 6.45) is 5.60. The smallest absolute Gasteiger partial charge is 0.246 e. The Morgan fingerprint density at radius 2 is 1.84 bits per heavy atom. The van der Waals surface area contributed by atoms with Crippen LogP contribution in [0.3, 0.4) is 0 Å². The van der Waals surface area contributed by atoms with Crippen LogP contribution >= 0.6 is 0 Å². The van der Waals surface area contributed by atoms with Crippen LogP contribution in [0.4, 0.5) is 0 Å². The van der Waals surface area contributed by atoms with E-state index in [0.29, 0.717) is 24.5 Å². The molecule has 1 aromatic heterocycles. The van der Waals surface area contributed by atoms with Gasteiger partial charge in [0.15, 0.2) is 0 Å². The molecule has 2 amide bonds. The van der Waals surface area contributed by atoms with Crippen molar-refractivity contribution in [2.75, 3.05) is 6.54 Å². The van der Waals surface area contributed by atoms with Crippen molar-refractivity contribution in [3.63, 3.8) is 0 Å². The largest absolute Gasteiger partial charge is 0.389 e. The van der Waals surface area contributed by atoms with Gasteiger partial charge in [-0.2, -0.15) is 0 Å². The number of hydrogen-bond donors (Lipinski definition) is 4. The van der Waals surface area contributed by atoms with E-state index in [9.17, 15) is 19.8 Å². The molecule has 1 heterocycles. The molecule has 1 saturated carbocycles. The molecule has 0 bridgehead atoms. The lowest BCUT2D eigenvalue weighted by atomic mass is 9.83. The third-order valence-electron chi connectivity index (χ3n) is 6.20. The highest BCUT2D eigenvalue weighted by atomic mass is 16.3. The first-order valence-electron chi connectivity index (χ1n) is 11.8. The number of aliphatic hydroxyl groups excluding tert-OH is 2. The topological polar surface area (TPSA) is 143 Å². The molecule has 1 aromatic rings. The van der Waals surface area contributed by atoms with E-state index in [1.165, 1.54) is 6.42 Å². The van der Waals surface area contributed by atoms with E-state index in [2.05, 4.69) is 4.98 Å². The lowest BCUT2D eigenvalue weighted by Crippen LogP contribution is -2.54. The van der Waals surface area contributed by atoms with Gasteiger partial charge in [-0.3, -0.25) is 19.5 Å². The minimum absolute atomic E-state index is 0.0993. The molecule has 1 fully saturated rings. The first kappa shape index (κ1) is 26.4. The number of nitrogens with zero attached hydrogens (tertiary/aromatic N) is 2. The Labute approximate surface area is 191 Å². The number of hydrogen-bond acceptors (Lipinski definition) is 7. The van der Waals surface area contributed by atoms with E-state index in [1.54, 1.807) is 24.4 Å².